The fraction of sp³-hybridized carbons (Fsp3) is 0.476. The molecule has 1 saturated heterocycles. The van der Waals surface area contributed by atoms with Crippen LogP contribution in [-0.2, 0) is 4.74 Å². The van der Waals surface area contributed by atoms with Crippen molar-refractivity contribution in [2.24, 2.45) is 4.99 Å². The van der Waals surface area contributed by atoms with Crippen molar-refractivity contribution in [3.63, 3.8) is 0 Å². The molecular weight excluding hydrogens is 392 g/mol. The minimum Gasteiger partial charge on any atom is -0.385 e. The summed E-state index contributed by atoms with van der Waals surface area (Å²) < 4.78 is 5.25. The molecule has 2 aromatic rings. The van der Waals surface area contributed by atoms with Gasteiger partial charge in [-0.3, -0.25) is 4.90 Å². The number of amidine groups is 1. The summed E-state index contributed by atoms with van der Waals surface area (Å²) in [5.41, 5.74) is 3.33. The summed E-state index contributed by atoms with van der Waals surface area (Å²) in [6, 6.07) is 11.1. The highest BCUT2D eigenvalue weighted by atomic mass is 35.5. The second-order valence-corrected chi connectivity index (χ2v) is 8.65. The fourth-order valence-electron chi connectivity index (χ4n) is 3.90. The Hall–Kier alpha value is -1.60. The molecule has 3 heterocycles. The summed E-state index contributed by atoms with van der Waals surface area (Å²) in [6.07, 6.45) is 2.25. The molecule has 5 nitrogen and oxygen atoms in total. The number of ether oxygens (including phenoxy) is 1. The van der Waals surface area contributed by atoms with E-state index < -0.39 is 0 Å². The Balaban J connectivity index is 0.00000225. The Bertz CT molecular complexity index is 838. The van der Waals surface area contributed by atoms with E-state index in [0.29, 0.717) is 6.04 Å². The molecule has 0 amide bonds. The van der Waals surface area contributed by atoms with E-state index in [0.717, 1.165) is 56.3 Å². The lowest BCUT2D eigenvalue weighted by molar-refractivity contribution is 0.119. The van der Waals surface area contributed by atoms with Crippen LogP contribution in [0.5, 0.6) is 0 Å². The van der Waals surface area contributed by atoms with Crippen LogP contribution in [0.4, 0.5) is 16.4 Å². The highest BCUT2D eigenvalue weighted by Crippen LogP contribution is 2.39. The first kappa shape index (κ1) is 21.1. The van der Waals surface area contributed by atoms with Crippen LogP contribution in [0.25, 0.3) is 0 Å². The molecule has 1 aromatic carbocycles. The van der Waals surface area contributed by atoms with Gasteiger partial charge in [0.1, 0.15) is 10.8 Å². The van der Waals surface area contributed by atoms with E-state index in [9.17, 15) is 0 Å². The number of benzene rings is 1. The van der Waals surface area contributed by atoms with Gasteiger partial charge in [-0.05, 0) is 45.0 Å². The number of halogens is 1. The van der Waals surface area contributed by atoms with Crippen LogP contribution >= 0.6 is 23.7 Å². The van der Waals surface area contributed by atoms with E-state index in [2.05, 4.69) is 59.4 Å². The smallest absolute Gasteiger partial charge is 0.139 e. The van der Waals surface area contributed by atoms with Gasteiger partial charge in [-0.25, -0.2) is 4.99 Å². The van der Waals surface area contributed by atoms with Gasteiger partial charge in [0, 0.05) is 44.3 Å². The number of nitrogens with zero attached hydrogens (tertiary/aromatic N) is 3. The van der Waals surface area contributed by atoms with Gasteiger partial charge in [0.15, 0.2) is 0 Å². The van der Waals surface area contributed by atoms with Gasteiger partial charge in [0.25, 0.3) is 0 Å². The number of piperazine rings is 1. The predicted octanol–water partition coefficient (Wildman–Crippen LogP) is 4.66. The molecule has 0 radical (unpaired) electrons. The third-order valence-electron chi connectivity index (χ3n) is 5.44. The Labute approximate surface area is 177 Å². The quantitative estimate of drug-likeness (QED) is 0.730. The lowest BCUT2D eigenvalue weighted by atomic mass is 10.1. The van der Waals surface area contributed by atoms with Crippen molar-refractivity contribution in [3.8, 4) is 0 Å². The largest absolute Gasteiger partial charge is 0.385 e. The number of aliphatic imine (C=N–C) groups is 1. The number of thiophene rings is 1. The maximum absolute atomic E-state index is 5.25. The highest BCUT2D eigenvalue weighted by Gasteiger charge is 2.29. The minimum atomic E-state index is 0. The van der Waals surface area contributed by atoms with Crippen LogP contribution in [0.1, 0.15) is 23.3 Å². The minimum absolute atomic E-state index is 0. The van der Waals surface area contributed by atoms with Gasteiger partial charge in [0.2, 0.25) is 0 Å². The molecule has 28 heavy (non-hydrogen) atoms. The molecule has 2 aliphatic heterocycles. The van der Waals surface area contributed by atoms with E-state index in [1.165, 1.54) is 15.4 Å². The SMILES string of the molecule is COCCC[C@H]1CN(C2=Nc3ccccc3Nc3sc(C)cc32)CCN1C.Cl. The van der Waals surface area contributed by atoms with Crippen molar-refractivity contribution in [2.75, 3.05) is 45.7 Å². The monoisotopic (exact) mass is 420 g/mol. The Morgan fingerprint density at radius 3 is 2.93 bits per heavy atom. The molecular formula is C21H29ClN4OS. The highest BCUT2D eigenvalue weighted by molar-refractivity contribution is 7.16. The zero-order valence-electron chi connectivity index (χ0n) is 16.8. The molecule has 0 aliphatic carbocycles. The number of methoxy groups -OCH3 is 1. The Kier molecular flexibility index (Phi) is 6.99. The normalized spacial score (nSPS) is 19.0. The molecule has 1 atom stereocenters. The van der Waals surface area contributed by atoms with E-state index in [1.807, 2.05) is 11.3 Å². The van der Waals surface area contributed by atoms with E-state index in [1.54, 1.807) is 7.11 Å². The third-order valence-corrected chi connectivity index (χ3v) is 6.40. The van der Waals surface area contributed by atoms with Crippen LogP contribution in [-0.4, -0.2) is 62.1 Å². The number of rotatable bonds is 4. The zero-order chi connectivity index (χ0) is 18.8. The molecule has 152 valence electrons. The molecule has 1 aromatic heterocycles. The van der Waals surface area contributed by atoms with Crippen LogP contribution in [0.3, 0.4) is 0 Å². The summed E-state index contributed by atoms with van der Waals surface area (Å²) in [5, 5.41) is 4.81. The second-order valence-electron chi connectivity index (χ2n) is 7.39. The van der Waals surface area contributed by atoms with Crippen LogP contribution in [0.15, 0.2) is 35.3 Å². The molecule has 0 saturated carbocycles. The fourth-order valence-corrected chi connectivity index (χ4v) is 4.82. The van der Waals surface area contributed by atoms with Crippen molar-refractivity contribution >= 4 is 46.0 Å². The predicted molar refractivity (Wildman–Crippen MR) is 121 cm³/mol. The molecule has 0 bridgehead atoms. The van der Waals surface area contributed by atoms with Crippen molar-refractivity contribution in [2.45, 2.75) is 25.8 Å². The van der Waals surface area contributed by atoms with E-state index in [4.69, 9.17) is 9.73 Å². The second kappa shape index (κ2) is 9.27. The third kappa shape index (κ3) is 4.35. The summed E-state index contributed by atoms with van der Waals surface area (Å²) in [7, 11) is 4.02. The molecule has 7 heteroatoms. The van der Waals surface area contributed by atoms with Crippen molar-refractivity contribution < 1.29 is 4.74 Å². The summed E-state index contributed by atoms with van der Waals surface area (Å²) >= 11 is 1.81. The molecule has 1 N–H and O–H groups in total. The molecule has 2 aliphatic rings. The zero-order valence-corrected chi connectivity index (χ0v) is 18.4. The number of hydrogen-bond donors (Lipinski definition) is 1. The molecule has 4 rings (SSSR count). The maximum atomic E-state index is 5.25. The summed E-state index contributed by atoms with van der Waals surface area (Å²) in [6.45, 7) is 6.07. The summed E-state index contributed by atoms with van der Waals surface area (Å²) in [5.74, 6) is 1.11. The van der Waals surface area contributed by atoms with Crippen LogP contribution in [0, 0.1) is 6.92 Å². The van der Waals surface area contributed by atoms with Crippen LogP contribution in [0.2, 0.25) is 0 Å². The number of nitrogens with one attached hydrogen (secondary N) is 1. The number of hydrogen-bond acceptors (Lipinski definition) is 6. The maximum Gasteiger partial charge on any atom is 0.139 e. The Morgan fingerprint density at radius 1 is 1.29 bits per heavy atom. The first-order valence-corrected chi connectivity index (χ1v) is 10.5. The van der Waals surface area contributed by atoms with Gasteiger partial charge in [-0.2, -0.15) is 0 Å². The number of likely N-dealkylation sites (N-methyl/N-ethyl adjacent to an activating group) is 1. The van der Waals surface area contributed by atoms with Crippen LogP contribution < -0.4 is 5.32 Å². The van der Waals surface area contributed by atoms with E-state index >= 15 is 0 Å². The van der Waals surface area contributed by atoms with Crippen molar-refractivity contribution in [1.82, 2.24) is 9.80 Å². The molecule has 1 fully saturated rings. The lowest BCUT2D eigenvalue weighted by Gasteiger charge is -2.41. The van der Waals surface area contributed by atoms with Gasteiger partial charge in [-0.1, -0.05) is 12.1 Å². The Morgan fingerprint density at radius 2 is 2.11 bits per heavy atom. The number of anilines is 2. The standard InChI is InChI=1S/C21H28N4OS.ClH/c1-15-13-17-20(22-18-8-4-5-9-19(18)23-21(17)27-15)25-11-10-24(2)16(14-25)7-6-12-26-3;/h4-5,8-9,13,16,23H,6-7,10-12,14H2,1-3H3;1H/t16-;/m0./s1. The summed E-state index contributed by atoms with van der Waals surface area (Å²) in [4.78, 5) is 11.4. The van der Waals surface area contributed by atoms with Crippen molar-refractivity contribution in [3.05, 3.63) is 40.8 Å². The first-order valence-electron chi connectivity index (χ1n) is 9.65. The van der Waals surface area contributed by atoms with Gasteiger partial charge >= 0.3 is 0 Å². The van der Waals surface area contributed by atoms with Gasteiger partial charge in [0.05, 0.1) is 16.9 Å². The number of para-hydroxylation sites is 2. The average molecular weight is 421 g/mol. The number of fused-ring (bicyclic) bond motifs is 2. The number of aryl methyl sites for hydroxylation is 1. The van der Waals surface area contributed by atoms with Crippen molar-refractivity contribution in [1.29, 1.82) is 0 Å². The topological polar surface area (TPSA) is 40.1 Å². The van der Waals surface area contributed by atoms with E-state index in [-0.39, 0.29) is 12.4 Å². The first-order chi connectivity index (χ1) is 13.2. The average Bonchev–Trinajstić information content (AvgIpc) is 2.95. The molecule has 0 unspecified atom stereocenters. The molecule has 0 spiro atoms. The lowest BCUT2D eigenvalue weighted by Crippen LogP contribution is -2.53. The van der Waals surface area contributed by atoms with Gasteiger partial charge in [-0.15, -0.1) is 23.7 Å². The van der Waals surface area contributed by atoms with Gasteiger partial charge < -0.3 is 15.0 Å².